The fraction of sp³-hybridized carbons (Fsp3) is 0.292. The van der Waals surface area contributed by atoms with Crippen molar-refractivity contribution >= 4 is 38.7 Å². The molecule has 0 spiro atoms. The molecule has 3 aromatic rings. The molecule has 2 aromatic carbocycles. The molecule has 168 valence electrons. The molecular formula is C24H21BrN4O4. The number of nitrogens with zero attached hydrogens (tertiary/aromatic N) is 4. The molecule has 1 aromatic heterocycles. The van der Waals surface area contributed by atoms with Crippen molar-refractivity contribution in [3.63, 3.8) is 0 Å². The minimum atomic E-state index is -0.550. The largest absolute Gasteiger partial charge is 0.473 e. The highest BCUT2D eigenvalue weighted by Gasteiger charge is 2.23. The first kappa shape index (κ1) is 22.7. The van der Waals surface area contributed by atoms with Crippen molar-refractivity contribution in [2.24, 2.45) is 5.10 Å². The second-order valence-electron chi connectivity index (χ2n) is 7.78. The summed E-state index contributed by atoms with van der Waals surface area (Å²) in [5.41, 5.74) is 0.414. The van der Waals surface area contributed by atoms with Gasteiger partial charge >= 0.3 is 5.69 Å². The van der Waals surface area contributed by atoms with E-state index in [9.17, 15) is 14.9 Å². The second kappa shape index (κ2) is 9.96. The zero-order chi connectivity index (χ0) is 23.4. The van der Waals surface area contributed by atoms with E-state index in [0.717, 1.165) is 32.1 Å². The number of benzene rings is 2. The van der Waals surface area contributed by atoms with Crippen LogP contribution in [-0.4, -0.2) is 27.4 Å². The van der Waals surface area contributed by atoms with Gasteiger partial charge < -0.3 is 4.74 Å². The van der Waals surface area contributed by atoms with Gasteiger partial charge in [0.15, 0.2) is 0 Å². The minimum absolute atomic E-state index is 0.00841. The van der Waals surface area contributed by atoms with E-state index in [0.29, 0.717) is 26.8 Å². The van der Waals surface area contributed by atoms with Crippen molar-refractivity contribution < 1.29 is 9.66 Å². The summed E-state index contributed by atoms with van der Waals surface area (Å²) in [7, 11) is 0. The topological polar surface area (TPSA) is 99.6 Å². The van der Waals surface area contributed by atoms with E-state index in [1.54, 1.807) is 18.2 Å². The van der Waals surface area contributed by atoms with E-state index in [4.69, 9.17) is 16.1 Å². The molecule has 0 aliphatic heterocycles. The summed E-state index contributed by atoms with van der Waals surface area (Å²) in [4.78, 5) is 29.1. The smallest absolute Gasteiger partial charge is 0.312 e. The summed E-state index contributed by atoms with van der Waals surface area (Å²) >= 11 is 3.29. The average molecular weight is 509 g/mol. The average Bonchev–Trinajstić information content (AvgIpc) is 2.82. The molecule has 1 fully saturated rings. The van der Waals surface area contributed by atoms with Crippen LogP contribution >= 0.6 is 15.9 Å². The molecule has 4 rings (SSSR count). The lowest BCUT2D eigenvalue weighted by molar-refractivity contribution is -0.385. The SMILES string of the molecule is C#CCOc1c(C=Nn2c(C3CCCCC3)nc3ccccc3c2=O)cc(Br)cc1[N+](=O)[O-]. The molecule has 0 atom stereocenters. The van der Waals surface area contributed by atoms with Gasteiger partial charge in [-0.25, -0.2) is 4.98 Å². The van der Waals surface area contributed by atoms with Crippen molar-refractivity contribution in [2.45, 2.75) is 38.0 Å². The van der Waals surface area contributed by atoms with Crippen LogP contribution in [0.15, 0.2) is 50.8 Å². The highest BCUT2D eigenvalue weighted by Crippen LogP contribution is 2.34. The number of nitro groups is 1. The third-order valence-corrected chi connectivity index (χ3v) is 6.08. The molecule has 0 unspecified atom stereocenters. The first-order valence-corrected chi connectivity index (χ1v) is 11.4. The number of fused-ring (bicyclic) bond motifs is 1. The number of para-hydroxylation sites is 1. The number of rotatable bonds is 6. The molecule has 9 heteroatoms. The molecule has 1 heterocycles. The molecule has 0 radical (unpaired) electrons. The van der Waals surface area contributed by atoms with Crippen molar-refractivity contribution in [1.29, 1.82) is 0 Å². The van der Waals surface area contributed by atoms with Gasteiger partial charge in [-0.2, -0.15) is 9.78 Å². The van der Waals surface area contributed by atoms with Gasteiger partial charge in [-0.15, -0.1) is 6.42 Å². The van der Waals surface area contributed by atoms with E-state index in [2.05, 4.69) is 27.0 Å². The van der Waals surface area contributed by atoms with E-state index >= 15 is 0 Å². The van der Waals surface area contributed by atoms with Gasteiger partial charge in [0.2, 0.25) is 5.75 Å². The standard InChI is InChI=1S/C24H21BrN4O4/c1-2-12-33-22-17(13-18(25)14-21(22)29(31)32)15-26-28-23(16-8-4-3-5-9-16)27-20-11-7-6-10-19(20)24(28)30/h1,6-7,10-11,13-16H,3-5,8-9,12H2. The Kier molecular flexibility index (Phi) is 6.84. The summed E-state index contributed by atoms with van der Waals surface area (Å²) in [6.07, 6.45) is 11.8. The van der Waals surface area contributed by atoms with Crippen molar-refractivity contribution in [3.8, 4) is 18.1 Å². The van der Waals surface area contributed by atoms with Gasteiger partial charge in [0.25, 0.3) is 5.56 Å². The Morgan fingerprint density at radius 3 is 2.79 bits per heavy atom. The maximum atomic E-state index is 13.3. The van der Waals surface area contributed by atoms with Gasteiger partial charge in [-0.3, -0.25) is 14.9 Å². The highest BCUT2D eigenvalue weighted by molar-refractivity contribution is 9.10. The van der Waals surface area contributed by atoms with E-state index in [1.807, 2.05) is 12.1 Å². The van der Waals surface area contributed by atoms with Gasteiger partial charge in [0, 0.05) is 22.0 Å². The van der Waals surface area contributed by atoms with Gasteiger partial charge in [-0.1, -0.05) is 53.2 Å². The van der Waals surface area contributed by atoms with Crippen LogP contribution in [0.1, 0.15) is 49.4 Å². The van der Waals surface area contributed by atoms with Crippen LogP contribution < -0.4 is 10.3 Å². The maximum absolute atomic E-state index is 13.3. The number of terminal acetylenes is 1. The Balaban J connectivity index is 1.87. The van der Waals surface area contributed by atoms with Crippen LogP contribution in [0.5, 0.6) is 5.75 Å². The summed E-state index contributed by atoms with van der Waals surface area (Å²) in [5.74, 6) is 3.02. The molecule has 0 bridgehead atoms. The molecule has 1 saturated carbocycles. The maximum Gasteiger partial charge on any atom is 0.312 e. The molecule has 1 aliphatic carbocycles. The third-order valence-electron chi connectivity index (χ3n) is 5.62. The van der Waals surface area contributed by atoms with Crippen molar-refractivity contribution in [1.82, 2.24) is 9.66 Å². The molecular weight excluding hydrogens is 488 g/mol. The van der Waals surface area contributed by atoms with Crippen LogP contribution in [0.4, 0.5) is 5.69 Å². The first-order valence-electron chi connectivity index (χ1n) is 10.6. The summed E-state index contributed by atoms with van der Waals surface area (Å²) in [6.45, 7) is -0.145. The number of halogens is 1. The van der Waals surface area contributed by atoms with Crippen LogP contribution in [0, 0.1) is 22.5 Å². The van der Waals surface area contributed by atoms with Crippen molar-refractivity contribution in [2.75, 3.05) is 6.61 Å². The number of ether oxygens (including phenoxy) is 1. The highest BCUT2D eigenvalue weighted by atomic mass is 79.9. The van der Waals surface area contributed by atoms with Gasteiger partial charge in [-0.05, 0) is 31.0 Å². The van der Waals surface area contributed by atoms with Crippen LogP contribution in [0.3, 0.4) is 0 Å². The number of aromatic nitrogens is 2. The quantitative estimate of drug-likeness (QED) is 0.201. The third kappa shape index (κ3) is 4.81. The summed E-state index contributed by atoms with van der Waals surface area (Å²) in [5, 5.41) is 16.5. The Bertz CT molecular complexity index is 1340. The Morgan fingerprint density at radius 1 is 1.30 bits per heavy atom. The zero-order valence-electron chi connectivity index (χ0n) is 17.7. The molecule has 0 amide bonds. The van der Waals surface area contributed by atoms with Gasteiger partial charge in [0.05, 0.1) is 22.0 Å². The molecule has 8 nitrogen and oxygen atoms in total. The van der Waals surface area contributed by atoms with Crippen LogP contribution in [0.25, 0.3) is 10.9 Å². The van der Waals surface area contributed by atoms with E-state index in [-0.39, 0.29) is 29.5 Å². The van der Waals surface area contributed by atoms with Gasteiger partial charge in [0.1, 0.15) is 12.4 Å². The molecule has 33 heavy (non-hydrogen) atoms. The molecule has 1 aliphatic rings. The lowest BCUT2D eigenvalue weighted by Crippen LogP contribution is -2.25. The Hall–Kier alpha value is -3.51. The Labute approximate surface area is 198 Å². The molecule has 0 N–H and O–H groups in total. The minimum Gasteiger partial charge on any atom is -0.473 e. The van der Waals surface area contributed by atoms with E-state index in [1.165, 1.54) is 17.0 Å². The first-order chi connectivity index (χ1) is 16.0. The predicted molar refractivity (Wildman–Crippen MR) is 130 cm³/mol. The van der Waals surface area contributed by atoms with Crippen molar-refractivity contribution in [3.05, 3.63) is 72.7 Å². The second-order valence-corrected chi connectivity index (χ2v) is 8.69. The monoisotopic (exact) mass is 508 g/mol. The number of hydrogen-bond donors (Lipinski definition) is 0. The fourth-order valence-electron chi connectivity index (χ4n) is 4.10. The normalized spacial score (nSPS) is 14.4. The zero-order valence-corrected chi connectivity index (χ0v) is 19.3. The predicted octanol–water partition coefficient (Wildman–Crippen LogP) is 5.01. The number of nitro benzene ring substituents is 1. The van der Waals surface area contributed by atoms with Crippen LogP contribution in [-0.2, 0) is 0 Å². The number of hydrogen-bond acceptors (Lipinski definition) is 6. The summed E-state index contributed by atoms with van der Waals surface area (Å²) in [6, 6.07) is 10.1. The van der Waals surface area contributed by atoms with E-state index < -0.39 is 4.92 Å². The van der Waals surface area contributed by atoms with Crippen LogP contribution in [0.2, 0.25) is 0 Å². The lowest BCUT2D eigenvalue weighted by atomic mass is 9.88. The Morgan fingerprint density at radius 2 is 2.06 bits per heavy atom. The summed E-state index contributed by atoms with van der Waals surface area (Å²) < 4.78 is 7.26. The fourth-order valence-corrected chi connectivity index (χ4v) is 4.56. The lowest BCUT2D eigenvalue weighted by Gasteiger charge is -2.22. The molecule has 0 saturated heterocycles.